The average Bonchev–Trinajstić information content (AvgIpc) is 3.00. The van der Waals surface area contributed by atoms with E-state index < -0.39 is 0 Å². The number of morpholine rings is 1. The number of hydrogen-bond donors (Lipinski definition) is 1. The lowest BCUT2D eigenvalue weighted by Crippen LogP contribution is -2.38. The summed E-state index contributed by atoms with van der Waals surface area (Å²) in [5.41, 5.74) is 8.03. The summed E-state index contributed by atoms with van der Waals surface area (Å²) in [6, 6.07) is 10.3. The van der Waals surface area contributed by atoms with Gasteiger partial charge in [-0.05, 0) is 12.1 Å². The van der Waals surface area contributed by atoms with Gasteiger partial charge in [0.2, 0.25) is 0 Å². The molecule has 0 amide bonds. The number of aromatic nitrogens is 1. The third-order valence-electron chi connectivity index (χ3n) is 3.82. The molecule has 4 nitrogen and oxygen atoms in total. The molecule has 1 unspecified atom stereocenters. The molecular weight excluding hydrogens is 282 g/mol. The Labute approximate surface area is 129 Å². The van der Waals surface area contributed by atoms with Gasteiger partial charge in [-0.3, -0.25) is 4.90 Å². The average molecular weight is 303 g/mol. The zero-order valence-corrected chi connectivity index (χ0v) is 13.1. The third kappa shape index (κ3) is 3.16. The minimum Gasteiger partial charge on any atom is -0.368 e. The summed E-state index contributed by atoms with van der Waals surface area (Å²) < 4.78 is 5.91. The minimum absolute atomic E-state index is 0.0754. The normalized spacial score (nSPS) is 19.8. The summed E-state index contributed by atoms with van der Waals surface area (Å²) in [5.74, 6) is 0. The molecule has 1 fully saturated rings. The van der Waals surface area contributed by atoms with Crippen LogP contribution in [-0.4, -0.2) is 36.1 Å². The Bertz CT molecular complexity index is 584. The van der Waals surface area contributed by atoms with Crippen molar-refractivity contribution in [3.63, 3.8) is 0 Å². The molecule has 1 aliphatic heterocycles. The molecule has 1 atom stereocenters. The molecule has 0 aliphatic carbocycles. The zero-order chi connectivity index (χ0) is 14.7. The number of likely N-dealkylation sites (N-methyl/N-ethyl adjacent to an activating group) is 1. The van der Waals surface area contributed by atoms with Gasteiger partial charge >= 0.3 is 0 Å². The fourth-order valence-corrected chi connectivity index (χ4v) is 3.74. The Hall–Kier alpha value is -1.27. The Morgan fingerprint density at radius 2 is 2.19 bits per heavy atom. The van der Waals surface area contributed by atoms with E-state index in [0.717, 1.165) is 36.9 Å². The molecule has 1 saturated heterocycles. The van der Waals surface area contributed by atoms with Crippen LogP contribution in [0.2, 0.25) is 0 Å². The Balaban J connectivity index is 1.89. The van der Waals surface area contributed by atoms with E-state index in [2.05, 4.69) is 24.0 Å². The van der Waals surface area contributed by atoms with Crippen LogP contribution in [0.15, 0.2) is 30.3 Å². The lowest BCUT2D eigenvalue weighted by atomic mass is 10.1. The molecule has 21 heavy (non-hydrogen) atoms. The van der Waals surface area contributed by atoms with E-state index in [4.69, 9.17) is 15.5 Å². The van der Waals surface area contributed by atoms with Crippen LogP contribution in [-0.2, 0) is 11.3 Å². The van der Waals surface area contributed by atoms with Crippen molar-refractivity contribution in [2.75, 3.05) is 26.2 Å². The summed E-state index contributed by atoms with van der Waals surface area (Å²) in [6.45, 7) is 6.41. The highest BCUT2D eigenvalue weighted by Crippen LogP contribution is 2.35. The molecule has 1 aromatic carbocycles. The van der Waals surface area contributed by atoms with Crippen molar-refractivity contribution in [1.82, 2.24) is 9.88 Å². The molecule has 2 N–H and O–H groups in total. The van der Waals surface area contributed by atoms with Gasteiger partial charge in [0.15, 0.2) is 0 Å². The highest BCUT2D eigenvalue weighted by Gasteiger charge is 2.25. The van der Waals surface area contributed by atoms with Gasteiger partial charge in [0, 0.05) is 19.6 Å². The summed E-state index contributed by atoms with van der Waals surface area (Å²) in [7, 11) is 0. The van der Waals surface area contributed by atoms with Gasteiger partial charge in [0.25, 0.3) is 0 Å². The highest BCUT2D eigenvalue weighted by molar-refractivity contribution is 7.15. The fourth-order valence-electron chi connectivity index (χ4n) is 2.60. The summed E-state index contributed by atoms with van der Waals surface area (Å²) in [5, 5.41) is 1.05. The summed E-state index contributed by atoms with van der Waals surface area (Å²) in [4.78, 5) is 8.31. The summed E-state index contributed by atoms with van der Waals surface area (Å²) >= 11 is 1.71. The second-order valence-electron chi connectivity index (χ2n) is 5.15. The Morgan fingerprint density at radius 1 is 1.38 bits per heavy atom. The van der Waals surface area contributed by atoms with Gasteiger partial charge in [-0.1, -0.05) is 37.3 Å². The van der Waals surface area contributed by atoms with Crippen molar-refractivity contribution in [3.8, 4) is 10.4 Å². The molecular formula is C16H21N3OS. The predicted octanol–water partition coefficient (Wildman–Crippen LogP) is 2.66. The van der Waals surface area contributed by atoms with E-state index in [1.54, 1.807) is 11.3 Å². The maximum Gasteiger partial charge on any atom is 0.124 e. The van der Waals surface area contributed by atoms with E-state index in [9.17, 15) is 0 Å². The predicted molar refractivity (Wildman–Crippen MR) is 86.2 cm³/mol. The molecule has 1 aromatic heterocycles. The molecule has 2 heterocycles. The Kier molecular flexibility index (Phi) is 4.65. The Morgan fingerprint density at radius 3 is 2.90 bits per heavy atom. The first-order valence-corrected chi connectivity index (χ1v) is 8.22. The largest absolute Gasteiger partial charge is 0.368 e. The van der Waals surface area contributed by atoms with Crippen LogP contribution in [0.1, 0.15) is 23.7 Å². The van der Waals surface area contributed by atoms with Gasteiger partial charge in [-0.2, -0.15) is 0 Å². The van der Waals surface area contributed by atoms with Gasteiger partial charge in [-0.25, -0.2) is 4.98 Å². The van der Waals surface area contributed by atoms with Gasteiger partial charge in [0.1, 0.15) is 11.1 Å². The van der Waals surface area contributed by atoms with E-state index in [1.807, 2.05) is 18.2 Å². The molecule has 0 bridgehead atoms. The lowest BCUT2D eigenvalue weighted by Gasteiger charge is -2.30. The first kappa shape index (κ1) is 14.7. The van der Waals surface area contributed by atoms with Crippen molar-refractivity contribution in [1.29, 1.82) is 0 Å². The monoisotopic (exact) mass is 303 g/mol. The van der Waals surface area contributed by atoms with Crippen molar-refractivity contribution in [3.05, 3.63) is 41.0 Å². The number of ether oxygens (including phenoxy) is 1. The van der Waals surface area contributed by atoms with Crippen LogP contribution < -0.4 is 5.73 Å². The van der Waals surface area contributed by atoms with Crippen LogP contribution in [0.4, 0.5) is 0 Å². The smallest absolute Gasteiger partial charge is 0.124 e. The number of nitrogens with zero attached hydrogens (tertiary/aromatic N) is 2. The number of hydrogen-bond acceptors (Lipinski definition) is 5. The van der Waals surface area contributed by atoms with E-state index in [-0.39, 0.29) is 6.10 Å². The van der Waals surface area contributed by atoms with E-state index in [0.29, 0.717) is 6.54 Å². The molecule has 112 valence electrons. The molecule has 5 heteroatoms. The number of thiazole rings is 1. The SMILES string of the molecule is CCN1CCOC(c2nc(CN)c(-c3ccccc3)s2)C1. The van der Waals surface area contributed by atoms with E-state index >= 15 is 0 Å². The van der Waals surface area contributed by atoms with Crippen LogP contribution in [0, 0.1) is 0 Å². The standard InChI is InChI=1S/C16H21N3OS/c1-2-19-8-9-20-14(11-19)16-18-13(10-17)15(21-16)12-6-4-3-5-7-12/h3-7,14H,2,8-11,17H2,1H3. The van der Waals surface area contributed by atoms with Crippen molar-refractivity contribution >= 4 is 11.3 Å². The molecule has 0 saturated carbocycles. The number of benzene rings is 1. The third-order valence-corrected chi connectivity index (χ3v) is 5.06. The van der Waals surface area contributed by atoms with Crippen LogP contribution in [0.5, 0.6) is 0 Å². The van der Waals surface area contributed by atoms with Crippen LogP contribution >= 0.6 is 11.3 Å². The first-order valence-electron chi connectivity index (χ1n) is 7.41. The fraction of sp³-hybridized carbons (Fsp3) is 0.438. The highest BCUT2D eigenvalue weighted by atomic mass is 32.1. The topological polar surface area (TPSA) is 51.4 Å². The molecule has 1 aliphatic rings. The van der Waals surface area contributed by atoms with Gasteiger partial charge in [-0.15, -0.1) is 11.3 Å². The number of rotatable bonds is 4. The van der Waals surface area contributed by atoms with Gasteiger partial charge < -0.3 is 10.5 Å². The molecule has 2 aromatic rings. The van der Waals surface area contributed by atoms with Crippen LogP contribution in [0.3, 0.4) is 0 Å². The second kappa shape index (κ2) is 6.66. The van der Waals surface area contributed by atoms with Crippen molar-refractivity contribution in [2.45, 2.75) is 19.6 Å². The molecule has 0 radical (unpaired) electrons. The second-order valence-corrected chi connectivity index (χ2v) is 6.18. The van der Waals surface area contributed by atoms with Crippen molar-refractivity contribution < 1.29 is 4.74 Å². The number of nitrogens with two attached hydrogens (primary N) is 1. The van der Waals surface area contributed by atoms with E-state index in [1.165, 1.54) is 10.4 Å². The zero-order valence-electron chi connectivity index (χ0n) is 12.3. The van der Waals surface area contributed by atoms with Crippen LogP contribution in [0.25, 0.3) is 10.4 Å². The minimum atomic E-state index is 0.0754. The quantitative estimate of drug-likeness (QED) is 0.943. The maximum absolute atomic E-state index is 5.91. The lowest BCUT2D eigenvalue weighted by molar-refractivity contribution is -0.0283. The molecule has 0 spiro atoms. The molecule has 3 rings (SSSR count). The van der Waals surface area contributed by atoms with Gasteiger partial charge in [0.05, 0.1) is 17.2 Å². The summed E-state index contributed by atoms with van der Waals surface area (Å²) in [6.07, 6.45) is 0.0754. The first-order chi connectivity index (χ1) is 10.3. The maximum atomic E-state index is 5.91. The van der Waals surface area contributed by atoms with Crippen molar-refractivity contribution in [2.24, 2.45) is 5.73 Å².